The van der Waals surface area contributed by atoms with E-state index in [1.54, 1.807) is 20.4 Å². The summed E-state index contributed by atoms with van der Waals surface area (Å²) in [6, 6.07) is 5.52. The molecule has 0 saturated carbocycles. The molecule has 0 saturated heterocycles. The third-order valence-electron chi connectivity index (χ3n) is 4.08. The van der Waals surface area contributed by atoms with Crippen molar-refractivity contribution < 1.29 is 14.3 Å². The van der Waals surface area contributed by atoms with Gasteiger partial charge in [0.25, 0.3) is 5.91 Å². The first kappa shape index (κ1) is 20.5. The minimum absolute atomic E-state index is 0.263. The van der Waals surface area contributed by atoms with E-state index in [2.05, 4.69) is 34.0 Å². The largest absolute Gasteiger partial charge is 0.493 e. The molecule has 2 aromatic rings. The standard InChI is InChI=1S/C20H28N4O3/c1-5-9-24(10-6-2)19-14-21-16(13-22-19)20(25)23-12-15-7-8-17(26-3)18(11-15)27-4/h7-8,11,13-14H,5-6,9-10,12H2,1-4H3,(H,23,25). The number of nitrogens with one attached hydrogen (secondary N) is 1. The quantitative estimate of drug-likeness (QED) is 0.691. The highest BCUT2D eigenvalue weighted by Gasteiger charge is 2.12. The maximum absolute atomic E-state index is 12.3. The molecule has 0 unspecified atom stereocenters. The van der Waals surface area contributed by atoms with Crippen molar-refractivity contribution in [1.82, 2.24) is 15.3 Å². The number of nitrogens with zero attached hydrogens (tertiary/aromatic N) is 3. The second-order valence-electron chi connectivity index (χ2n) is 6.12. The van der Waals surface area contributed by atoms with Crippen molar-refractivity contribution in [1.29, 1.82) is 0 Å². The first-order chi connectivity index (χ1) is 13.1. The van der Waals surface area contributed by atoms with Crippen LogP contribution in [0.3, 0.4) is 0 Å². The molecule has 0 spiro atoms. The molecule has 7 nitrogen and oxygen atoms in total. The summed E-state index contributed by atoms with van der Waals surface area (Å²) in [5.41, 5.74) is 1.20. The lowest BCUT2D eigenvalue weighted by Crippen LogP contribution is -2.27. The maximum atomic E-state index is 12.3. The van der Waals surface area contributed by atoms with Crippen LogP contribution in [-0.4, -0.2) is 43.2 Å². The highest BCUT2D eigenvalue weighted by atomic mass is 16.5. The molecule has 0 atom stereocenters. The van der Waals surface area contributed by atoms with Gasteiger partial charge in [-0.15, -0.1) is 0 Å². The highest BCUT2D eigenvalue weighted by molar-refractivity contribution is 5.92. The minimum atomic E-state index is -0.263. The van der Waals surface area contributed by atoms with Crippen LogP contribution in [0, 0.1) is 0 Å². The Hall–Kier alpha value is -2.83. The molecule has 146 valence electrons. The van der Waals surface area contributed by atoms with Crippen molar-refractivity contribution in [3.8, 4) is 11.5 Å². The third kappa shape index (κ3) is 5.57. The second kappa shape index (κ2) is 10.4. The van der Waals surface area contributed by atoms with E-state index >= 15 is 0 Å². The van der Waals surface area contributed by atoms with Gasteiger partial charge in [-0.2, -0.15) is 0 Å². The molecule has 0 aliphatic heterocycles. The minimum Gasteiger partial charge on any atom is -0.493 e. The Morgan fingerprint density at radius 2 is 1.74 bits per heavy atom. The molecule has 1 heterocycles. The Bertz CT molecular complexity index is 729. The highest BCUT2D eigenvalue weighted by Crippen LogP contribution is 2.27. The Kier molecular flexibility index (Phi) is 7.85. The van der Waals surface area contributed by atoms with Crippen molar-refractivity contribution >= 4 is 11.7 Å². The van der Waals surface area contributed by atoms with E-state index in [9.17, 15) is 4.79 Å². The molecule has 1 aromatic carbocycles. The lowest BCUT2D eigenvalue weighted by Gasteiger charge is -2.22. The summed E-state index contributed by atoms with van der Waals surface area (Å²) in [5.74, 6) is 1.81. The van der Waals surface area contributed by atoms with E-state index < -0.39 is 0 Å². The smallest absolute Gasteiger partial charge is 0.271 e. The number of aromatic nitrogens is 2. The first-order valence-corrected chi connectivity index (χ1v) is 9.19. The fraction of sp³-hybridized carbons (Fsp3) is 0.450. The SMILES string of the molecule is CCCN(CCC)c1cnc(C(=O)NCc2ccc(OC)c(OC)c2)cn1. The number of benzene rings is 1. The van der Waals surface area contributed by atoms with E-state index in [4.69, 9.17) is 9.47 Å². The molecular weight excluding hydrogens is 344 g/mol. The van der Waals surface area contributed by atoms with Crippen molar-refractivity contribution in [2.45, 2.75) is 33.2 Å². The van der Waals surface area contributed by atoms with Gasteiger partial charge >= 0.3 is 0 Å². The molecule has 1 N–H and O–H groups in total. The zero-order valence-electron chi connectivity index (χ0n) is 16.5. The average Bonchev–Trinajstić information content (AvgIpc) is 2.71. The van der Waals surface area contributed by atoms with Gasteiger partial charge in [-0.3, -0.25) is 4.79 Å². The predicted molar refractivity (Wildman–Crippen MR) is 106 cm³/mol. The zero-order valence-corrected chi connectivity index (χ0v) is 16.5. The molecular formula is C20H28N4O3. The average molecular weight is 372 g/mol. The van der Waals surface area contributed by atoms with Gasteiger partial charge in [0.1, 0.15) is 11.5 Å². The number of anilines is 1. The van der Waals surface area contributed by atoms with E-state index in [0.717, 1.165) is 37.3 Å². The summed E-state index contributed by atoms with van der Waals surface area (Å²) >= 11 is 0. The van der Waals surface area contributed by atoms with Crippen LogP contribution in [0.5, 0.6) is 11.5 Å². The van der Waals surface area contributed by atoms with Crippen LogP contribution in [-0.2, 0) is 6.54 Å². The van der Waals surface area contributed by atoms with Crippen LogP contribution in [0.25, 0.3) is 0 Å². The number of hydrogen-bond acceptors (Lipinski definition) is 6. The zero-order chi connectivity index (χ0) is 19.6. The summed E-state index contributed by atoms with van der Waals surface area (Å²) in [6.45, 7) is 6.47. The summed E-state index contributed by atoms with van der Waals surface area (Å²) in [6.07, 6.45) is 5.26. The summed E-state index contributed by atoms with van der Waals surface area (Å²) in [5, 5.41) is 2.85. The number of rotatable bonds is 10. The predicted octanol–water partition coefficient (Wildman–Crippen LogP) is 3.05. The normalized spacial score (nSPS) is 10.4. The molecule has 1 amide bonds. The Balaban J connectivity index is 1.99. The molecule has 2 rings (SSSR count). The molecule has 0 aliphatic rings. The summed E-state index contributed by atoms with van der Waals surface area (Å²) < 4.78 is 10.5. The van der Waals surface area contributed by atoms with Crippen molar-refractivity contribution in [2.24, 2.45) is 0 Å². The number of ether oxygens (including phenoxy) is 2. The van der Waals surface area contributed by atoms with Crippen LogP contribution in [0.2, 0.25) is 0 Å². The summed E-state index contributed by atoms with van der Waals surface area (Å²) in [7, 11) is 3.17. The number of amides is 1. The topological polar surface area (TPSA) is 76.6 Å². The van der Waals surface area contributed by atoms with Gasteiger partial charge in [0, 0.05) is 19.6 Å². The Morgan fingerprint density at radius 3 is 2.30 bits per heavy atom. The first-order valence-electron chi connectivity index (χ1n) is 9.19. The van der Waals surface area contributed by atoms with Gasteiger partial charge < -0.3 is 19.7 Å². The molecule has 7 heteroatoms. The lowest BCUT2D eigenvalue weighted by atomic mass is 10.2. The Morgan fingerprint density at radius 1 is 1.04 bits per heavy atom. The van der Waals surface area contributed by atoms with Gasteiger partial charge in [-0.05, 0) is 30.5 Å². The molecule has 0 aliphatic carbocycles. The van der Waals surface area contributed by atoms with Crippen LogP contribution < -0.4 is 19.7 Å². The molecule has 27 heavy (non-hydrogen) atoms. The third-order valence-corrected chi connectivity index (χ3v) is 4.08. The number of hydrogen-bond donors (Lipinski definition) is 1. The Labute approximate surface area is 160 Å². The van der Waals surface area contributed by atoms with Gasteiger partial charge in [0.05, 0.1) is 26.6 Å². The second-order valence-corrected chi connectivity index (χ2v) is 6.12. The van der Waals surface area contributed by atoms with E-state index in [-0.39, 0.29) is 5.91 Å². The fourth-order valence-corrected chi connectivity index (χ4v) is 2.75. The molecule has 0 bridgehead atoms. The van der Waals surface area contributed by atoms with Crippen molar-refractivity contribution in [3.63, 3.8) is 0 Å². The lowest BCUT2D eigenvalue weighted by molar-refractivity contribution is 0.0945. The molecule has 0 radical (unpaired) electrons. The number of methoxy groups -OCH3 is 2. The van der Waals surface area contributed by atoms with E-state index in [0.29, 0.717) is 23.7 Å². The van der Waals surface area contributed by atoms with Crippen LogP contribution in [0.1, 0.15) is 42.7 Å². The monoisotopic (exact) mass is 372 g/mol. The van der Waals surface area contributed by atoms with Crippen molar-refractivity contribution in [2.75, 3.05) is 32.2 Å². The van der Waals surface area contributed by atoms with Crippen LogP contribution in [0.15, 0.2) is 30.6 Å². The number of carbonyl (C=O) groups excluding carboxylic acids is 1. The van der Waals surface area contributed by atoms with Crippen LogP contribution >= 0.6 is 0 Å². The molecule has 1 aromatic heterocycles. The van der Waals surface area contributed by atoms with Gasteiger partial charge in [-0.25, -0.2) is 9.97 Å². The maximum Gasteiger partial charge on any atom is 0.271 e. The molecule has 0 fully saturated rings. The summed E-state index contributed by atoms with van der Waals surface area (Å²) in [4.78, 5) is 23.2. The van der Waals surface area contributed by atoms with Gasteiger partial charge in [0.2, 0.25) is 0 Å². The van der Waals surface area contributed by atoms with E-state index in [1.165, 1.54) is 6.20 Å². The number of carbonyl (C=O) groups is 1. The fourth-order valence-electron chi connectivity index (χ4n) is 2.75. The van der Waals surface area contributed by atoms with Gasteiger partial charge in [-0.1, -0.05) is 19.9 Å². The van der Waals surface area contributed by atoms with Gasteiger partial charge in [0.15, 0.2) is 11.5 Å². The van der Waals surface area contributed by atoms with Crippen LogP contribution in [0.4, 0.5) is 5.82 Å². The van der Waals surface area contributed by atoms with E-state index in [1.807, 2.05) is 18.2 Å². The van der Waals surface area contributed by atoms with Crippen molar-refractivity contribution in [3.05, 3.63) is 41.9 Å².